The molecule has 0 aromatic rings. The zero-order valence-electron chi connectivity index (χ0n) is 12.7. The number of ether oxygens (including phenoxy) is 3. The average molecular weight is 272 g/mol. The highest BCUT2D eigenvalue weighted by Gasteiger charge is 2.41. The number of unbranched alkanes of at least 4 members (excludes halogenated alkanes) is 1. The van der Waals surface area contributed by atoms with Crippen molar-refractivity contribution in [3.05, 3.63) is 0 Å². The fraction of sp³-hybridized carbons (Fsp3) is 0.933. The molecule has 1 fully saturated rings. The summed E-state index contributed by atoms with van der Waals surface area (Å²) >= 11 is 0. The van der Waals surface area contributed by atoms with Crippen LogP contribution in [-0.4, -0.2) is 39.0 Å². The third-order valence-corrected chi connectivity index (χ3v) is 3.94. The summed E-state index contributed by atoms with van der Waals surface area (Å²) < 4.78 is 15.5. The van der Waals surface area contributed by atoms with E-state index in [1.807, 2.05) is 0 Å². The fourth-order valence-corrected chi connectivity index (χ4v) is 2.63. The van der Waals surface area contributed by atoms with Gasteiger partial charge in [0, 0.05) is 14.2 Å². The Balaban J connectivity index is 2.06. The van der Waals surface area contributed by atoms with Gasteiger partial charge in [-0.15, -0.1) is 0 Å². The summed E-state index contributed by atoms with van der Waals surface area (Å²) in [6.07, 6.45) is 6.01. The molecule has 0 bridgehead atoms. The summed E-state index contributed by atoms with van der Waals surface area (Å²) in [6, 6.07) is 0. The monoisotopic (exact) mass is 272 g/mol. The highest BCUT2D eigenvalue weighted by molar-refractivity contribution is 5.78. The van der Waals surface area contributed by atoms with Crippen LogP contribution in [0.5, 0.6) is 0 Å². The van der Waals surface area contributed by atoms with Crippen LogP contribution >= 0.6 is 0 Å². The van der Waals surface area contributed by atoms with E-state index in [2.05, 4.69) is 13.8 Å². The fourth-order valence-electron chi connectivity index (χ4n) is 2.63. The molecule has 0 saturated carbocycles. The molecule has 0 radical (unpaired) electrons. The molecule has 0 aromatic carbocycles. The molecule has 4 nitrogen and oxygen atoms in total. The molecule has 4 unspecified atom stereocenters. The molecular weight excluding hydrogens is 244 g/mol. The molecule has 1 heterocycles. The summed E-state index contributed by atoms with van der Waals surface area (Å²) in [5.74, 6) is 0.554. The minimum atomic E-state index is -0.103. The normalized spacial score (nSPS) is 25.6. The van der Waals surface area contributed by atoms with Gasteiger partial charge in [0.25, 0.3) is 0 Å². The molecule has 0 aliphatic carbocycles. The maximum absolute atomic E-state index is 11.2. The largest absolute Gasteiger partial charge is 0.461 e. The SMILES string of the molecule is COCC1C(=O)OC1CCCCC(C)CC(C)OC. The van der Waals surface area contributed by atoms with Gasteiger partial charge >= 0.3 is 5.97 Å². The molecule has 1 saturated heterocycles. The minimum Gasteiger partial charge on any atom is -0.461 e. The molecule has 1 aliphatic heterocycles. The van der Waals surface area contributed by atoms with Crippen LogP contribution in [0.3, 0.4) is 0 Å². The summed E-state index contributed by atoms with van der Waals surface area (Å²) in [5.41, 5.74) is 0. The van der Waals surface area contributed by atoms with E-state index in [1.54, 1.807) is 14.2 Å². The summed E-state index contributed by atoms with van der Waals surface area (Å²) in [4.78, 5) is 11.2. The number of hydrogen-bond donors (Lipinski definition) is 0. The molecule has 4 heteroatoms. The molecule has 0 spiro atoms. The van der Waals surface area contributed by atoms with Crippen LogP contribution in [0.15, 0.2) is 0 Å². The lowest BCUT2D eigenvalue weighted by atomic mass is 9.91. The number of hydrogen-bond acceptors (Lipinski definition) is 4. The second-order valence-corrected chi connectivity index (χ2v) is 5.71. The average Bonchev–Trinajstić information content (AvgIpc) is 2.39. The second-order valence-electron chi connectivity index (χ2n) is 5.71. The zero-order chi connectivity index (χ0) is 14.3. The van der Waals surface area contributed by atoms with Crippen molar-refractivity contribution in [3.63, 3.8) is 0 Å². The molecular formula is C15H28O4. The van der Waals surface area contributed by atoms with E-state index in [4.69, 9.17) is 14.2 Å². The standard InChI is InChI=1S/C15H28O4/c1-11(9-12(2)18-4)7-5-6-8-14-13(10-17-3)15(16)19-14/h11-14H,5-10H2,1-4H3. The maximum Gasteiger partial charge on any atom is 0.315 e. The molecule has 19 heavy (non-hydrogen) atoms. The lowest BCUT2D eigenvalue weighted by Gasteiger charge is -2.34. The third-order valence-electron chi connectivity index (χ3n) is 3.94. The lowest BCUT2D eigenvalue weighted by Crippen LogP contribution is -2.47. The number of cyclic esters (lactones) is 1. The van der Waals surface area contributed by atoms with Crippen molar-refractivity contribution in [2.24, 2.45) is 11.8 Å². The first-order valence-electron chi connectivity index (χ1n) is 7.30. The van der Waals surface area contributed by atoms with Crippen molar-refractivity contribution in [2.45, 2.75) is 58.2 Å². The Morgan fingerprint density at radius 3 is 2.58 bits per heavy atom. The van der Waals surface area contributed by atoms with E-state index in [-0.39, 0.29) is 18.0 Å². The van der Waals surface area contributed by atoms with Crippen molar-refractivity contribution in [3.8, 4) is 0 Å². The van der Waals surface area contributed by atoms with Crippen LogP contribution in [0.25, 0.3) is 0 Å². The maximum atomic E-state index is 11.2. The van der Waals surface area contributed by atoms with E-state index in [0.29, 0.717) is 18.6 Å². The first-order valence-corrected chi connectivity index (χ1v) is 7.30. The Morgan fingerprint density at radius 2 is 2.00 bits per heavy atom. The van der Waals surface area contributed by atoms with Gasteiger partial charge in [0.1, 0.15) is 12.0 Å². The van der Waals surface area contributed by atoms with Crippen LogP contribution in [-0.2, 0) is 19.0 Å². The number of rotatable bonds is 10. The van der Waals surface area contributed by atoms with Gasteiger partial charge in [-0.25, -0.2) is 0 Å². The van der Waals surface area contributed by atoms with E-state index >= 15 is 0 Å². The zero-order valence-corrected chi connectivity index (χ0v) is 12.7. The Labute approximate surface area is 116 Å². The smallest absolute Gasteiger partial charge is 0.315 e. The van der Waals surface area contributed by atoms with Crippen LogP contribution in [0.4, 0.5) is 0 Å². The van der Waals surface area contributed by atoms with Crippen molar-refractivity contribution in [1.29, 1.82) is 0 Å². The third kappa shape index (κ3) is 5.49. The first kappa shape index (κ1) is 16.4. The highest BCUT2D eigenvalue weighted by atomic mass is 16.6. The van der Waals surface area contributed by atoms with E-state index < -0.39 is 0 Å². The van der Waals surface area contributed by atoms with Crippen LogP contribution in [0.1, 0.15) is 46.0 Å². The van der Waals surface area contributed by atoms with Gasteiger partial charge in [0.2, 0.25) is 0 Å². The van der Waals surface area contributed by atoms with Gasteiger partial charge in [0.05, 0.1) is 12.7 Å². The minimum absolute atomic E-state index is 0.0315. The van der Waals surface area contributed by atoms with Gasteiger partial charge in [-0.05, 0) is 32.1 Å². The topological polar surface area (TPSA) is 44.8 Å². The summed E-state index contributed by atoms with van der Waals surface area (Å²) in [6.45, 7) is 4.87. The molecule has 1 rings (SSSR count). The quantitative estimate of drug-likeness (QED) is 0.453. The van der Waals surface area contributed by atoms with Crippen LogP contribution in [0.2, 0.25) is 0 Å². The Hall–Kier alpha value is -0.610. The van der Waals surface area contributed by atoms with Crippen molar-refractivity contribution >= 4 is 5.97 Å². The highest BCUT2D eigenvalue weighted by Crippen LogP contribution is 2.27. The molecule has 4 atom stereocenters. The predicted octanol–water partition coefficient (Wildman–Crippen LogP) is 2.80. The van der Waals surface area contributed by atoms with E-state index in [1.165, 1.54) is 12.8 Å². The van der Waals surface area contributed by atoms with E-state index in [0.717, 1.165) is 19.3 Å². The summed E-state index contributed by atoms with van der Waals surface area (Å²) in [5, 5.41) is 0. The molecule has 112 valence electrons. The van der Waals surface area contributed by atoms with Crippen molar-refractivity contribution < 1.29 is 19.0 Å². The number of carbonyl (C=O) groups is 1. The molecule has 0 N–H and O–H groups in total. The van der Waals surface area contributed by atoms with E-state index in [9.17, 15) is 4.79 Å². The number of methoxy groups -OCH3 is 2. The van der Waals surface area contributed by atoms with Gasteiger partial charge < -0.3 is 14.2 Å². The summed E-state index contributed by atoms with van der Waals surface area (Å²) in [7, 11) is 3.39. The first-order chi connectivity index (χ1) is 9.08. The number of esters is 1. The predicted molar refractivity (Wildman–Crippen MR) is 74.0 cm³/mol. The van der Waals surface area contributed by atoms with Crippen LogP contribution in [0, 0.1) is 11.8 Å². The van der Waals surface area contributed by atoms with Gasteiger partial charge in [-0.1, -0.05) is 19.8 Å². The Morgan fingerprint density at radius 1 is 1.26 bits per heavy atom. The molecule has 1 aliphatic rings. The molecule has 0 amide bonds. The second kappa shape index (κ2) is 8.54. The molecule has 0 aromatic heterocycles. The van der Waals surface area contributed by atoms with Crippen molar-refractivity contribution in [2.75, 3.05) is 20.8 Å². The Kier molecular flexibility index (Phi) is 7.39. The number of carbonyl (C=O) groups excluding carboxylic acids is 1. The van der Waals surface area contributed by atoms with Crippen LogP contribution < -0.4 is 0 Å². The van der Waals surface area contributed by atoms with Crippen molar-refractivity contribution in [1.82, 2.24) is 0 Å². The van der Waals surface area contributed by atoms with Gasteiger partial charge in [-0.3, -0.25) is 4.79 Å². The van der Waals surface area contributed by atoms with Gasteiger partial charge in [-0.2, -0.15) is 0 Å². The van der Waals surface area contributed by atoms with Gasteiger partial charge in [0.15, 0.2) is 0 Å². The lowest BCUT2D eigenvalue weighted by molar-refractivity contribution is -0.190. The Bertz CT molecular complexity index is 267.